The van der Waals surface area contributed by atoms with E-state index in [-0.39, 0.29) is 11.0 Å². The Morgan fingerprint density at radius 2 is 1.88 bits per heavy atom. The third-order valence-corrected chi connectivity index (χ3v) is 5.48. The van der Waals surface area contributed by atoms with Crippen LogP contribution in [-0.2, 0) is 9.84 Å². The summed E-state index contributed by atoms with van der Waals surface area (Å²) in [6.45, 7) is 4.34. The van der Waals surface area contributed by atoms with Crippen molar-refractivity contribution in [1.29, 1.82) is 0 Å². The molecule has 0 aromatic carbocycles. The average molecular weight is 249 g/mol. The summed E-state index contributed by atoms with van der Waals surface area (Å²) in [5.74, 6) is 0.154. The standard InChI is InChI=1S/C11H23NO3S/c1-10(2)16(14,15)8-7-12-9-11(13)5-3-4-6-11/h10,12-13H,3-9H2,1-2H3. The number of hydrogen-bond acceptors (Lipinski definition) is 4. The van der Waals surface area contributed by atoms with Crippen molar-refractivity contribution >= 4 is 9.84 Å². The number of aliphatic hydroxyl groups is 1. The number of rotatable bonds is 6. The maximum Gasteiger partial charge on any atom is 0.153 e. The van der Waals surface area contributed by atoms with Gasteiger partial charge in [0.15, 0.2) is 9.84 Å². The van der Waals surface area contributed by atoms with Crippen LogP contribution in [0.5, 0.6) is 0 Å². The molecule has 16 heavy (non-hydrogen) atoms. The Labute approximate surface area is 98.4 Å². The molecule has 1 aliphatic rings. The smallest absolute Gasteiger partial charge is 0.153 e. The van der Waals surface area contributed by atoms with E-state index in [1.165, 1.54) is 0 Å². The summed E-state index contributed by atoms with van der Waals surface area (Å²) < 4.78 is 23.0. The van der Waals surface area contributed by atoms with E-state index in [0.29, 0.717) is 13.1 Å². The summed E-state index contributed by atoms with van der Waals surface area (Å²) in [5.41, 5.74) is -0.596. The van der Waals surface area contributed by atoms with Crippen LogP contribution in [0.1, 0.15) is 39.5 Å². The lowest BCUT2D eigenvalue weighted by atomic mass is 10.0. The lowest BCUT2D eigenvalue weighted by Crippen LogP contribution is -2.40. The summed E-state index contributed by atoms with van der Waals surface area (Å²) in [5, 5.41) is 12.8. The quantitative estimate of drug-likeness (QED) is 0.680. The van der Waals surface area contributed by atoms with E-state index in [4.69, 9.17) is 0 Å². The van der Waals surface area contributed by atoms with Crippen molar-refractivity contribution in [2.75, 3.05) is 18.8 Å². The second-order valence-corrected chi connectivity index (χ2v) is 7.70. The van der Waals surface area contributed by atoms with Gasteiger partial charge >= 0.3 is 0 Å². The number of sulfone groups is 1. The van der Waals surface area contributed by atoms with Crippen molar-refractivity contribution in [3.8, 4) is 0 Å². The fraction of sp³-hybridized carbons (Fsp3) is 1.00. The largest absolute Gasteiger partial charge is 0.389 e. The van der Waals surface area contributed by atoms with Crippen molar-refractivity contribution in [3.05, 3.63) is 0 Å². The van der Waals surface area contributed by atoms with E-state index >= 15 is 0 Å². The van der Waals surface area contributed by atoms with Crippen LogP contribution >= 0.6 is 0 Å². The van der Waals surface area contributed by atoms with Gasteiger partial charge in [0.1, 0.15) is 0 Å². The van der Waals surface area contributed by atoms with Gasteiger partial charge in [0.25, 0.3) is 0 Å². The highest BCUT2D eigenvalue weighted by atomic mass is 32.2. The number of nitrogens with one attached hydrogen (secondary N) is 1. The molecule has 0 amide bonds. The molecule has 0 saturated heterocycles. The molecule has 5 heteroatoms. The predicted molar refractivity (Wildman–Crippen MR) is 65.2 cm³/mol. The Kier molecular flexibility index (Phi) is 4.76. The fourth-order valence-corrected chi connectivity index (χ4v) is 2.88. The minimum atomic E-state index is -2.96. The van der Waals surface area contributed by atoms with E-state index in [1.54, 1.807) is 13.8 Å². The first-order chi connectivity index (χ1) is 7.36. The SMILES string of the molecule is CC(C)S(=O)(=O)CCNCC1(O)CCCC1. The van der Waals surface area contributed by atoms with Crippen LogP contribution in [0.3, 0.4) is 0 Å². The zero-order valence-electron chi connectivity index (χ0n) is 10.2. The first kappa shape index (κ1) is 13.9. The van der Waals surface area contributed by atoms with Gasteiger partial charge in [0.2, 0.25) is 0 Å². The molecular weight excluding hydrogens is 226 g/mol. The monoisotopic (exact) mass is 249 g/mol. The van der Waals surface area contributed by atoms with Gasteiger partial charge in [-0.15, -0.1) is 0 Å². The molecule has 0 heterocycles. The van der Waals surface area contributed by atoms with Crippen molar-refractivity contribution in [2.24, 2.45) is 0 Å². The lowest BCUT2D eigenvalue weighted by Gasteiger charge is -2.22. The van der Waals surface area contributed by atoms with Crippen LogP contribution in [0.25, 0.3) is 0 Å². The second kappa shape index (κ2) is 5.47. The van der Waals surface area contributed by atoms with Crippen LogP contribution in [0.2, 0.25) is 0 Å². The lowest BCUT2D eigenvalue weighted by molar-refractivity contribution is 0.0484. The summed E-state index contributed by atoms with van der Waals surface area (Å²) in [4.78, 5) is 0. The van der Waals surface area contributed by atoms with Gasteiger partial charge < -0.3 is 10.4 Å². The highest BCUT2D eigenvalue weighted by molar-refractivity contribution is 7.92. The van der Waals surface area contributed by atoms with Crippen LogP contribution < -0.4 is 5.32 Å². The first-order valence-electron chi connectivity index (χ1n) is 6.00. The van der Waals surface area contributed by atoms with Crippen molar-refractivity contribution in [1.82, 2.24) is 5.32 Å². The van der Waals surface area contributed by atoms with Gasteiger partial charge in [-0.25, -0.2) is 8.42 Å². The molecule has 0 radical (unpaired) electrons. The van der Waals surface area contributed by atoms with Gasteiger partial charge in [-0.05, 0) is 26.7 Å². The maximum absolute atomic E-state index is 11.5. The molecule has 1 rings (SSSR count). The molecule has 96 valence electrons. The van der Waals surface area contributed by atoms with E-state index in [9.17, 15) is 13.5 Å². The number of hydrogen-bond donors (Lipinski definition) is 2. The molecular formula is C11H23NO3S. The normalized spacial score (nSPS) is 20.5. The van der Waals surface area contributed by atoms with E-state index in [0.717, 1.165) is 25.7 Å². The summed E-state index contributed by atoms with van der Waals surface area (Å²) in [7, 11) is -2.96. The van der Waals surface area contributed by atoms with Crippen molar-refractivity contribution in [2.45, 2.75) is 50.4 Å². The summed E-state index contributed by atoms with van der Waals surface area (Å²) in [6, 6.07) is 0. The van der Waals surface area contributed by atoms with Gasteiger partial charge in [0, 0.05) is 13.1 Å². The molecule has 1 aliphatic carbocycles. The molecule has 0 aromatic heterocycles. The Morgan fingerprint density at radius 3 is 2.38 bits per heavy atom. The molecule has 0 bridgehead atoms. The van der Waals surface area contributed by atoms with Gasteiger partial charge in [-0.2, -0.15) is 0 Å². The third kappa shape index (κ3) is 4.03. The molecule has 1 saturated carbocycles. The summed E-state index contributed by atoms with van der Waals surface area (Å²) >= 11 is 0. The minimum Gasteiger partial charge on any atom is -0.389 e. The highest BCUT2D eigenvalue weighted by Gasteiger charge is 2.30. The molecule has 4 nitrogen and oxygen atoms in total. The van der Waals surface area contributed by atoms with E-state index in [2.05, 4.69) is 5.32 Å². The Hall–Kier alpha value is -0.130. The molecule has 0 aliphatic heterocycles. The third-order valence-electron chi connectivity index (χ3n) is 3.27. The minimum absolute atomic E-state index is 0.154. The molecule has 0 spiro atoms. The van der Waals surface area contributed by atoms with Crippen molar-refractivity contribution < 1.29 is 13.5 Å². The van der Waals surface area contributed by atoms with Crippen LogP contribution in [0.15, 0.2) is 0 Å². The van der Waals surface area contributed by atoms with Crippen LogP contribution in [0, 0.1) is 0 Å². The Morgan fingerprint density at radius 1 is 1.31 bits per heavy atom. The van der Waals surface area contributed by atoms with Crippen LogP contribution in [-0.4, -0.2) is 43.2 Å². The molecule has 0 aromatic rings. The molecule has 1 fully saturated rings. The molecule has 2 N–H and O–H groups in total. The predicted octanol–water partition coefficient (Wildman–Crippen LogP) is 0.704. The van der Waals surface area contributed by atoms with Gasteiger partial charge in [-0.3, -0.25) is 0 Å². The van der Waals surface area contributed by atoms with Crippen LogP contribution in [0.4, 0.5) is 0 Å². The topological polar surface area (TPSA) is 66.4 Å². The average Bonchev–Trinajstić information content (AvgIpc) is 2.60. The van der Waals surface area contributed by atoms with E-state index in [1.807, 2.05) is 0 Å². The highest BCUT2D eigenvalue weighted by Crippen LogP contribution is 2.28. The zero-order chi connectivity index (χ0) is 12.2. The Balaban J connectivity index is 2.22. The van der Waals surface area contributed by atoms with Gasteiger partial charge in [0.05, 0.1) is 16.6 Å². The molecule has 0 unspecified atom stereocenters. The second-order valence-electron chi connectivity index (χ2n) is 5.02. The van der Waals surface area contributed by atoms with Crippen molar-refractivity contribution in [3.63, 3.8) is 0 Å². The summed E-state index contributed by atoms with van der Waals surface area (Å²) in [6.07, 6.45) is 3.80. The molecule has 0 atom stereocenters. The maximum atomic E-state index is 11.5. The fourth-order valence-electron chi connectivity index (χ4n) is 1.98. The first-order valence-corrected chi connectivity index (χ1v) is 7.72. The van der Waals surface area contributed by atoms with E-state index < -0.39 is 15.4 Å². The zero-order valence-corrected chi connectivity index (χ0v) is 11.0. The Bertz CT molecular complexity index is 305. The van der Waals surface area contributed by atoms with Gasteiger partial charge in [-0.1, -0.05) is 12.8 Å².